The monoisotopic (exact) mass is 431 g/mol. The second kappa shape index (κ2) is 8.75. The van der Waals surface area contributed by atoms with Gasteiger partial charge in [-0.25, -0.2) is 4.90 Å². The predicted octanol–water partition coefficient (Wildman–Crippen LogP) is 3.59. The zero-order valence-corrected chi connectivity index (χ0v) is 18.4. The van der Waals surface area contributed by atoms with Gasteiger partial charge in [0, 0.05) is 13.1 Å². The Morgan fingerprint density at radius 3 is 2.34 bits per heavy atom. The minimum atomic E-state index is -0.389. The van der Waals surface area contributed by atoms with Crippen LogP contribution in [-0.4, -0.2) is 44.0 Å². The van der Waals surface area contributed by atoms with E-state index in [1.165, 1.54) is 12.0 Å². The van der Waals surface area contributed by atoms with E-state index >= 15 is 0 Å². The molecule has 0 spiro atoms. The molecule has 164 valence electrons. The summed E-state index contributed by atoms with van der Waals surface area (Å²) < 4.78 is 10.8. The van der Waals surface area contributed by atoms with E-state index in [1.807, 2.05) is 4.90 Å². The molecule has 0 aromatic heterocycles. The van der Waals surface area contributed by atoms with E-state index in [4.69, 9.17) is 14.7 Å². The van der Waals surface area contributed by atoms with Crippen molar-refractivity contribution in [3.05, 3.63) is 59.3 Å². The van der Waals surface area contributed by atoms with Gasteiger partial charge in [0.05, 0.1) is 37.1 Å². The van der Waals surface area contributed by atoms with Crippen LogP contribution in [0, 0.1) is 17.2 Å². The number of likely N-dealkylation sites (tertiary alicyclic amines) is 1. The molecule has 1 saturated heterocycles. The number of nitrogens with zero attached hydrogens (tertiary/aromatic N) is 3. The molecule has 0 saturated carbocycles. The Morgan fingerprint density at radius 2 is 1.72 bits per heavy atom. The van der Waals surface area contributed by atoms with Gasteiger partial charge in [-0.2, -0.15) is 5.26 Å². The number of piperidine rings is 1. The lowest BCUT2D eigenvalue weighted by Gasteiger charge is -2.33. The number of methoxy groups -OCH3 is 2. The Kier molecular flexibility index (Phi) is 5.87. The highest BCUT2D eigenvalue weighted by Gasteiger charge is 2.43. The molecule has 0 bridgehead atoms. The molecule has 0 radical (unpaired) electrons. The van der Waals surface area contributed by atoms with Gasteiger partial charge in [-0.1, -0.05) is 13.0 Å². The quantitative estimate of drug-likeness (QED) is 0.673. The van der Waals surface area contributed by atoms with E-state index in [2.05, 4.69) is 13.0 Å². The van der Waals surface area contributed by atoms with Crippen LogP contribution in [0.1, 0.15) is 30.9 Å². The lowest BCUT2D eigenvalue weighted by atomic mass is 9.97. The summed E-state index contributed by atoms with van der Waals surface area (Å²) in [7, 11) is 3.09. The lowest BCUT2D eigenvalue weighted by Crippen LogP contribution is -2.39. The number of hydrogen-bond donors (Lipinski definition) is 0. The summed E-state index contributed by atoms with van der Waals surface area (Å²) in [6, 6.07) is 13.8. The molecule has 2 amide bonds. The van der Waals surface area contributed by atoms with Crippen molar-refractivity contribution in [1.82, 2.24) is 4.90 Å². The molecule has 2 aromatic rings. The molecule has 7 nitrogen and oxygen atoms in total. The van der Waals surface area contributed by atoms with Gasteiger partial charge < -0.3 is 14.4 Å². The third-order valence-electron chi connectivity index (χ3n) is 5.96. The number of amides is 2. The van der Waals surface area contributed by atoms with Crippen molar-refractivity contribution in [1.29, 1.82) is 5.26 Å². The summed E-state index contributed by atoms with van der Waals surface area (Å²) in [5, 5.41) is 9.08. The van der Waals surface area contributed by atoms with Gasteiger partial charge in [-0.3, -0.25) is 9.59 Å². The third-order valence-corrected chi connectivity index (χ3v) is 5.96. The molecule has 4 rings (SSSR count). The molecule has 1 unspecified atom stereocenters. The number of imide groups is 1. The summed E-state index contributed by atoms with van der Waals surface area (Å²) in [6.07, 6.45) is 2.05. The first-order chi connectivity index (χ1) is 15.5. The van der Waals surface area contributed by atoms with E-state index in [1.54, 1.807) is 49.6 Å². The van der Waals surface area contributed by atoms with Crippen LogP contribution in [0.3, 0.4) is 0 Å². The summed E-state index contributed by atoms with van der Waals surface area (Å²) in [5.41, 5.74) is 2.28. The number of carbonyl (C=O) groups is 2. The van der Waals surface area contributed by atoms with Crippen LogP contribution in [-0.2, 0) is 9.59 Å². The molecule has 2 aromatic carbocycles. The van der Waals surface area contributed by atoms with Crippen LogP contribution >= 0.6 is 0 Å². The van der Waals surface area contributed by atoms with Crippen molar-refractivity contribution in [2.75, 3.05) is 32.2 Å². The molecule has 2 aliphatic rings. The average molecular weight is 431 g/mol. The fourth-order valence-electron chi connectivity index (χ4n) is 4.38. The maximum atomic E-state index is 13.6. The van der Waals surface area contributed by atoms with Crippen LogP contribution in [0.5, 0.6) is 11.5 Å². The first kappa shape index (κ1) is 21.4. The molecular weight excluding hydrogens is 406 g/mol. The second-order valence-corrected chi connectivity index (χ2v) is 8.09. The predicted molar refractivity (Wildman–Crippen MR) is 120 cm³/mol. The Hall–Kier alpha value is -3.79. The van der Waals surface area contributed by atoms with Crippen molar-refractivity contribution in [3.63, 3.8) is 0 Å². The van der Waals surface area contributed by atoms with E-state index < -0.39 is 0 Å². The first-order valence-corrected chi connectivity index (χ1v) is 10.6. The van der Waals surface area contributed by atoms with Gasteiger partial charge >= 0.3 is 0 Å². The number of anilines is 1. The number of hydrogen-bond acceptors (Lipinski definition) is 6. The summed E-state index contributed by atoms with van der Waals surface area (Å²) in [6.45, 7) is 3.59. The third kappa shape index (κ3) is 3.69. The van der Waals surface area contributed by atoms with Crippen LogP contribution in [0.2, 0.25) is 0 Å². The van der Waals surface area contributed by atoms with E-state index in [0.717, 1.165) is 19.4 Å². The Morgan fingerprint density at radius 1 is 1.00 bits per heavy atom. The van der Waals surface area contributed by atoms with E-state index in [0.29, 0.717) is 52.0 Å². The van der Waals surface area contributed by atoms with E-state index in [9.17, 15) is 9.59 Å². The molecule has 7 heteroatoms. The Balaban J connectivity index is 1.84. The van der Waals surface area contributed by atoms with Crippen molar-refractivity contribution in [3.8, 4) is 17.6 Å². The highest BCUT2D eigenvalue weighted by molar-refractivity contribution is 6.45. The highest BCUT2D eigenvalue weighted by Crippen LogP contribution is 2.39. The first-order valence-electron chi connectivity index (χ1n) is 10.6. The molecule has 2 aliphatic heterocycles. The average Bonchev–Trinajstić information content (AvgIpc) is 3.08. The fraction of sp³-hybridized carbons (Fsp3) is 0.320. The summed E-state index contributed by atoms with van der Waals surface area (Å²) in [5.74, 6) is 0.722. The number of nitriles is 1. The van der Waals surface area contributed by atoms with Gasteiger partial charge in [-0.05, 0) is 60.7 Å². The highest BCUT2D eigenvalue weighted by atomic mass is 16.5. The Bertz CT molecular complexity index is 1130. The topological polar surface area (TPSA) is 82.9 Å². The number of benzene rings is 2. The summed E-state index contributed by atoms with van der Waals surface area (Å²) in [4.78, 5) is 30.5. The lowest BCUT2D eigenvalue weighted by molar-refractivity contribution is -0.120. The van der Waals surface area contributed by atoms with Crippen LogP contribution < -0.4 is 14.4 Å². The zero-order valence-electron chi connectivity index (χ0n) is 18.4. The maximum absolute atomic E-state index is 13.6. The Labute approximate surface area is 187 Å². The SMILES string of the molecule is COc1ccc(C2=C(N3CCCC(C)C3)C(=O)N(c3ccc(C#N)cc3)C2=O)cc1OC. The molecular formula is C25H25N3O4. The maximum Gasteiger partial charge on any atom is 0.282 e. The van der Waals surface area contributed by atoms with Gasteiger partial charge in [0.25, 0.3) is 11.8 Å². The fourth-order valence-corrected chi connectivity index (χ4v) is 4.38. The largest absolute Gasteiger partial charge is 0.493 e. The standard InChI is InChI=1S/C25H25N3O4/c1-16-5-4-12-27(15-16)23-22(18-8-11-20(31-2)21(13-18)32-3)24(29)28(25(23)30)19-9-6-17(14-26)7-10-19/h6-11,13,16H,4-5,12,15H2,1-3H3. The molecule has 32 heavy (non-hydrogen) atoms. The van der Waals surface area contributed by atoms with Crippen molar-refractivity contribution < 1.29 is 19.1 Å². The number of rotatable bonds is 5. The van der Waals surface area contributed by atoms with Gasteiger partial charge in [0.15, 0.2) is 11.5 Å². The van der Waals surface area contributed by atoms with Gasteiger partial charge in [0.1, 0.15) is 5.70 Å². The molecule has 0 aliphatic carbocycles. The van der Waals surface area contributed by atoms with Crippen molar-refractivity contribution in [2.45, 2.75) is 19.8 Å². The molecule has 1 atom stereocenters. The smallest absolute Gasteiger partial charge is 0.282 e. The molecule has 0 N–H and O–H groups in total. The zero-order chi connectivity index (χ0) is 22.8. The van der Waals surface area contributed by atoms with Crippen molar-refractivity contribution >= 4 is 23.1 Å². The van der Waals surface area contributed by atoms with Crippen molar-refractivity contribution in [2.24, 2.45) is 5.92 Å². The molecule has 2 heterocycles. The summed E-state index contributed by atoms with van der Waals surface area (Å²) >= 11 is 0. The minimum Gasteiger partial charge on any atom is -0.493 e. The van der Waals surface area contributed by atoms with Gasteiger partial charge in [-0.15, -0.1) is 0 Å². The van der Waals surface area contributed by atoms with Crippen LogP contribution in [0.25, 0.3) is 5.57 Å². The minimum absolute atomic E-state index is 0.349. The normalized spacial score (nSPS) is 18.8. The van der Waals surface area contributed by atoms with E-state index in [-0.39, 0.29) is 11.8 Å². The second-order valence-electron chi connectivity index (χ2n) is 8.09. The van der Waals surface area contributed by atoms with Crippen LogP contribution in [0.15, 0.2) is 48.2 Å². The number of carbonyl (C=O) groups excluding carboxylic acids is 2. The van der Waals surface area contributed by atoms with Gasteiger partial charge in [0.2, 0.25) is 0 Å². The number of ether oxygens (including phenoxy) is 2. The molecule has 1 fully saturated rings. The van der Waals surface area contributed by atoms with Crippen LogP contribution in [0.4, 0.5) is 5.69 Å².